The third-order valence-corrected chi connectivity index (χ3v) is 3.43. The second-order valence-corrected chi connectivity index (χ2v) is 4.62. The van der Waals surface area contributed by atoms with Crippen LogP contribution in [0, 0.1) is 0 Å². The lowest BCUT2D eigenvalue weighted by molar-refractivity contribution is -0.129. The first-order valence-electron chi connectivity index (χ1n) is 6.27. The molecule has 3 heteroatoms. The topological polar surface area (TPSA) is 32.3 Å². The maximum Gasteiger partial charge on any atom is 0.224 e. The van der Waals surface area contributed by atoms with Gasteiger partial charge in [-0.3, -0.25) is 4.79 Å². The van der Waals surface area contributed by atoms with Gasteiger partial charge in [0.1, 0.15) is 0 Å². The first-order valence-corrected chi connectivity index (χ1v) is 6.27. The number of aryl methyl sites for hydroxylation is 1. The third kappa shape index (κ3) is 2.86. The van der Waals surface area contributed by atoms with Gasteiger partial charge >= 0.3 is 0 Å². The number of carbonyl (C=O) groups excluding carboxylic acids is 1. The molecule has 0 spiro atoms. The highest BCUT2D eigenvalue weighted by Gasteiger charge is 2.21. The van der Waals surface area contributed by atoms with E-state index in [1.165, 1.54) is 11.1 Å². The molecule has 1 saturated heterocycles. The second-order valence-electron chi connectivity index (χ2n) is 4.62. The Kier molecular flexibility index (Phi) is 3.79. The van der Waals surface area contributed by atoms with Gasteiger partial charge in [-0.2, -0.15) is 0 Å². The molecule has 1 atom stereocenters. The maximum absolute atomic E-state index is 11.8. The van der Waals surface area contributed by atoms with E-state index in [-0.39, 0.29) is 11.9 Å². The Hall–Kier alpha value is -1.35. The molecule has 1 aliphatic rings. The van der Waals surface area contributed by atoms with Gasteiger partial charge in [0.2, 0.25) is 5.91 Å². The van der Waals surface area contributed by atoms with Crippen molar-refractivity contribution >= 4 is 5.91 Å². The average molecular weight is 232 g/mol. The van der Waals surface area contributed by atoms with Crippen LogP contribution in [0.1, 0.15) is 30.5 Å². The molecule has 1 heterocycles. The number of hydrogen-bond donors (Lipinski definition) is 1. The molecule has 2 rings (SSSR count). The molecule has 0 radical (unpaired) electrons. The molecule has 0 aliphatic carbocycles. The molecule has 0 saturated carbocycles. The van der Waals surface area contributed by atoms with Crippen molar-refractivity contribution in [3.8, 4) is 0 Å². The fraction of sp³-hybridized carbons (Fsp3) is 0.500. The third-order valence-electron chi connectivity index (χ3n) is 3.43. The SMILES string of the molecule is CCc1ccc(C2CC(=O)N(C)CCN2)cc1. The van der Waals surface area contributed by atoms with Crippen LogP contribution in [0.2, 0.25) is 0 Å². The molecule has 17 heavy (non-hydrogen) atoms. The molecular formula is C14H20N2O. The predicted octanol–water partition coefficient (Wildman–Crippen LogP) is 1.74. The monoisotopic (exact) mass is 232 g/mol. The van der Waals surface area contributed by atoms with Gasteiger partial charge in [0.15, 0.2) is 0 Å². The van der Waals surface area contributed by atoms with Gasteiger partial charge in [-0.05, 0) is 17.5 Å². The molecule has 3 nitrogen and oxygen atoms in total. The van der Waals surface area contributed by atoms with E-state index in [1.807, 2.05) is 7.05 Å². The first-order chi connectivity index (χ1) is 8.20. The number of benzene rings is 1. The lowest BCUT2D eigenvalue weighted by atomic mass is 10.0. The maximum atomic E-state index is 11.8. The highest BCUT2D eigenvalue weighted by atomic mass is 16.2. The van der Waals surface area contributed by atoms with Crippen LogP contribution < -0.4 is 5.32 Å². The van der Waals surface area contributed by atoms with Crippen molar-refractivity contribution in [3.05, 3.63) is 35.4 Å². The van der Waals surface area contributed by atoms with Crippen LogP contribution >= 0.6 is 0 Å². The molecule has 0 aromatic heterocycles. The van der Waals surface area contributed by atoms with E-state index < -0.39 is 0 Å². The van der Waals surface area contributed by atoms with Crippen molar-refractivity contribution < 1.29 is 4.79 Å². The van der Waals surface area contributed by atoms with Crippen molar-refractivity contribution in [2.75, 3.05) is 20.1 Å². The molecule has 1 aromatic carbocycles. The summed E-state index contributed by atoms with van der Waals surface area (Å²) in [6.45, 7) is 3.81. The molecule has 1 amide bonds. The quantitative estimate of drug-likeness (QED) is 0.842. The fourth-order valence-electron chi connectivity index (χ4n) is 2.16. The van der Waals surface area contributed by atoms with Gasteiger partial charge in [-0.15, -0.1) is 0 Å². The molecular weight excluding hydrogens is 212 g/mol. The van der Waals surface area contributed by atoms with Crippen molar-refractivity contribution in [1.82, 2.24) is 10.2 Å². The summed E-state index contributed by atoms with van der Waals surface area (Å²) in [5, 5.41) is 3.43. The summed E-state index contributed by atoms with van der Waals surface area (Å²) in [6.07, 6.45) is 1.61. The lowest BCUT2D eigenvalue weighted by Gasteiger charge is -2.15. The molecule has 1 fully saturated rings. The Morgan fingerprint density at radius 1 is 1.35 bits per heavy atom. The first kappa shape index (κ1) is 12.1. The largest absolute Gasteiger partial charge is 0.344 e. The Balaban J connectivity index is 2.12. The minimum Gasteiger partial charge on any atom is -0.344 e. The summed E-state index contributed by atoms with van der Waals surface area (Å²) in [5.74, 6) is 0.222. The molecule has 1 unspecified atom stereocenters. The standard InChI is InChI=1S/C14H20N2O/c1-3-11-4-6-12(7-5-11)13-10-14(17)16(2)9-8-15-13/h4-7,13,15H,3,8-10H2,1-2H3. The summed E-state index contributed by atoms with van der Waals surface area (Å²) in [7, 11) is 1.87. The van der Waals surface area contributed by atoms with Gasteiger partial charge < -0.3 is 10.2 Å². The molecule has 92 valence electrons. The van der Waals surface area contributed by atoms with E-state index in [2.05, 4.69) is 36.5 Å². The van der Waals surface area contributed by atoms with Crippen LogP contribution in [0.4, 0.5) is 0 Å². The Labute approximate surface area is 103 Å². The van der Waals surface area contributed by atoms with Gasteiger partial charge in [0.05, 0.1) is 0 Å². The summed E-state index contributed by atoms with van der Waals surface area (Å²) >= 11 is 0. The zero-order chi connectivity index (χ0) is 12.3. The van der Waals surface area contributed by atoms with E-state index in [4.69, 9.17) is 0 Å². The Morgan fingerprint density at radius 3 is 2.71 bits per heavy atom. The zero-order valence-corrected chi connectivity index (χ0v) is 10.6. The minimum atomic E-state index is 0.165. The fourth-order valence-corrected chi connectivity index (χ4v) is 2.16. The van der Waals surface area contributed by atoms with E-state index >= 15 is 0 Å². The van der Waals surface area contributed by atoms with Crippen LogP contribution in [0.5, 0.6) is 0 Å². The lowest BCUT2D eigenvalue weighted by Crippen LogP contribution is -2.27. The highest BCUT2D eigenvalue weighted by molar-refractivity contribution is 5.77. The number of rotatable bonds is 2. The summed E-state index contributed by atoms with van der Waals surface area (Å²) in [4.78, 5) is 13.6. The predicted molar refractivity (Wildman–Crippen MR) is 68.8 cm³/mol. The molecule has 1 N–H and O–H groups in total. The Morgan fingerprint density at radius 2 is 2.06 bits per heavy atom. The Bertz CT molecular complexity index is 386. The number of amides is 1. The normalized spacial score (nSPS) is 21.4. The summed E-state index contributed by atoms with van der Waals surface area (Å²) in [6, 6.07) is 8.73. The smallest absolute Gasteiger partial charge is 0.224 e. The van der Waals surface area contributed by atoms with Crippen LogP contribution in [0.25, 0.3) is 0 Å². The van der Waals surface area contributed by atoms with Crippen molar-refractivity contribution in [2.24, 2.45) is 0 Å². The van der Waals surface area contributed by atoms with Gasteiger partial charge in [0.25, 0.3) is 0 Å². The molecule has 1 aliphatic heterocycles. The zero-order valence-electron chi connectivity index (χ0n) is 10.6. The van der Waals surface area contributed by atoms with E-state index in [1.54, 1.807) is 4.90 Å². The summed E-state index contributed by atoms with van der Waals surface area (Å²) < 4.78 is 0. The second kappa shape index (κ2) is 5.32. The van der Waals surface area contributed by atoms with Gasteiger partial charge in [-0.1, -0.05) is 31.2 Å². The van der Waals surface area contributed by atoms with Gasteiger partial charge in [-0.25, -0.2) is 0 Å². The van der Waals surface area contributed by atoms with Crippen LogP contribution in [-0.4, -0.2) is 30.9 Å². The van der Waals surface area contributed by atoms with Crippen LogP contribution in [0.3, 0.4) is 0 Å². The summed E-state index contributed by atoms with van der Waals surface area (Å²) in [5.41, 5.74) is 2.55. The van der Waals surface area contributed by atoms with Gasteiger partial charge in [0, 0.05) is 32.6 Å². The average Bonchev–Trinajstić information content (AvgIpc) is 2.52. The molecule has 1 aromatic rings. The van der Waals surface area contributed by atoms with Crippen molar-refractivity contribution in [3.63, 3.8) is 0 Å². The molecule has 0 bridgehead atoms. The van der Waals surface area contributed by atoms with E-state index in [0.717, 1.165) is 19.5 Å². The number of hydrogen-bond acceptors (Lipinski definition) is 2. The number of nitrogens with zero attached hydrogens (tertiary/aromatic N) is 1. The van der Waals surface area contributed by atoms with Crippen LogP contribution in [-0.2, 0) is 11.2 Å². The van der Waals surface area contributed by atoms with Crippen LogP contribution in [0.15, 0.2) is 24.3 Å². The van der Waals surface area contributed by atoms with Crippen molar-refractivity contribution in [2.45, 2.75) is 25.8 Å². The highest BCUT2D eigenvalue weighted by Crippen LogP contribution is 2.20. The van der Waals surface area contributed by atoms with Crippen molar-refractivity contribution in [1.29, 1.82) is 0 Å². The minimum absolute atomic E-state index is 0.165. The van der Waals surface area contributed by atoms with E-state index in [9.17, 15) is 4.79 Å². The number of carbonyl (C=O) groups is 1. The van der Waals surface area contributed by atoms with E-state index in [0.29, 0.717) is 6.42 Å². The number of likely N-dealkylation sites (N-methyl/N-ethyl adjacent to an activating group) is 1. The number of nitrogens with one attached hydrogen (secondary N) is 1.